The van der Waals surface area contributed by atoms with Crippen LogP contribution in [-0.4, -0.2) is 6.29 Å². The van der Waals surface area contributed by atoms with Gasteiger partial charge in [-0.1, -0.05) is 25.1 Å². The van der Waals surface area contributed by atoms with Crippen molar-refractivity contribution in [2.75, 3.05) is 0 Å². The van der Waals surface area contributed by atoms with Crippen molar-refractivity contribution in [3.8, 4) is 0 Å². The lowest BCUT2D eigenvalue weighted by atomic mass is 10.0. The average molecular weight is 174 g/mol. The predicted molar refractivity (Wildman–Crippen MR) is 50.7 cm³/mol. The van der Waals surface area contributed by atoms with E-state index in [4.69, 9.17) is 4.42 Å². The summed E-state index contributed by atoms with van der Waals surface area (Å²) < 4.78 is 5.31. The van der Waals surface area contributed by atoms with Crippen molar-refractivity contribution in [1.29, 1.82) is 0 Å². The zero-order valence-electron chi connectivity index (χ0n) is 7.36. The molecule has 0 aliphatic rings. The van der Waals surface area contributed by atoms with Gasteiger partial charge < -0.3 is 9.21 Å². The molecule has 0 saturated carbocycles. The Bertz CT molecular complexity index is 428. The summed E-state index contributed by atoms with van der Waals surface area (Å²) in [5.74, 6) is -0.102. The normalized spacial score (nSPS) is 13.0. The molecule has 2 rings (SSSR count). The van der Waals surface area contributed by atoms with Gasteiger partial charge in [0, 0.05) is 16.9 Å². The van der Waals surface area contributed by atoms with E-state index in [1.165, 1.54) is 0 Å². The first-order valence-electron chi connectivity index (χ1n) is 4.24. The lowest BCUT2D eigenvalue weighted by Gasteiger charge is -2.03. The first-order valence-corrected chi connectivity index (χ1v) is 4.24. The highest BCUT2D eigenvalue weighted by Gasteiger charge is 2.09. The second-order valence-electron chi connectivity index (χ2n) is 3.11. The van der Waals surface area contributed by atoms with Gasteiger partial charge in [0.1, 0.15) is 11.9 Å². The lowest BCUT2D eigenvalue weighted by Crippen LogP contribution is -1.93. The SMILES string of the molecule is CC(C=O)c1cccc2ccoc12. The number of hydrogen-bond acceptors (Lipinski definition) is 2. The molecule has 0 amide bonds. The Morgan fingerprint density at radius 3 is 3.00 bits per heavy atom. The molecule has 2 heteroatoms. The maximum atomic E-state index is 10.6. The third-order valence-corrected chi connectivity index (χ3v) is 2.20. The van der Waals surface area contributed by atoms with E-state index in [-0.39, 0.29) is 5.92 Å². The first-order chi connectivity index (χ1) is 6.33. The molecule has 66 valence electrons. The topological polar surface area (TPSA) is 30.2 Å². The average Bonchev–Trinajstić information content (AvgIpc) is 2.63. The van der Waals surface area contributed by atoms with Crippen LogP contribution in [0.2, 0.25) is 0 Å². The number of fused-ring (bicyclic) bond motifs is 1. The van der Waals surface area contributed by atoms with Crippen molar-refractivity contribution in [2.45, 2.75) is 12.8 Å². The maximum Gasteiger partial charge on any atom is 0.137 e. The van der Waals surface area contributed by atoms with Crippen LogP contribution in [0.5, 0.6) is 0 Å². The van der Waals surface area contributed by atoms with Crippen molar-refractivity contribution in [3.63, 3.8) is 0 Å². The van der Waals surface area contributed by atoms with E-state index in [1.54, 1.807) is 6.26 Å². The highest BCUT2D eigenvalue weighted by atomic mass is 16.3. The number of hydrogen-bond donors (Lipinski definition) is 0. The number of para-hydroxylation sites is 1. The summed E-state index contributed by atoms with van der Waals surface area (Å²) in [5, 5.41) is 1.05. The minimum absolute atomic E-state index is 0.102. The van der Waals surface area contributed by atoms with E-state index in [1.807, 2.05) is 31.2 Å². The van der Waals surface area contributed by atoms with Gasteiger partial charge in [-0.05, 0) is 6.07 Å². The summed E-state index contributed by atoms with van der Waals surface area (Å²) in [7, 11) is 0. The number of carbonyl (C=O) groups excluding carboxylic acids is 1. The van der Waals surface area contributed by atoms with Crippen molar-refractivity contribution in [1.82, 2.24) is 0 Å². The summed E-state index contributed by atoms with van der Waals surface area (Å²) in [4.78, 5) is 10.6. The zero-order valence-corrected chi connectivity index (χ0v) is 7.36. The molecule has 2 aromatic rings. The summed E-state index contributed by atoms with van der Waals surface area (Å²) in [6.45, 7) is 1.87. The molecule has 1 heterocycles. The Morgan fingerprint density at radius 2 is 2.23 bits per heavy atom. The van der Waals surface area contributed by atoms with E-state index >= 15 is 0 Å². The van der Waals surface area contributed by atoms with Crippen LogP contribution in [0, 0.1) is 0 Å². The lowest BCUT2D eigenvalue weighted by molar-refractivity contribution is -0.108. The third-order valence-electron chi connectivity index (χ3n) is 2.20. The van der Waals surface area contributed by atoms with E-state index in [2.05, 4.69) is 0 Å². The van der Waals surface area contributed by atoms with Crippen molar-refractivity contribution in [3.05, 3.63) is 36.1 Å². The molecule has 13 heavy (non-hydrogen) atoms. The second-order valence-corrected chi connectivity index (χ2v) is 3.11. The number of furan rings is 1. The number of rotatable bonds is 2. The Labute approximate surface area is 76.2 Å². The van der Waals surface area contributed by atoms with Gasteiger partial charge >= 0.3 is 0 Å². The molecule has 0 radical (unpaired) electrons. The molecule has 1 aromatic carbocycles. The number of aldehydes is 1. The highest BCUT2D eigenvalue weighted by Crippen LogP contribution is 2.24. The molecule has 1 aromatic heterocycles. The van der Waals surface area contributed by atoms with Crippen LogP contribution in [0.3, 0.4) is 0 Å². The molecule has 0 saturated heterocycles. The van der Waals surface area contributed by atoms with Gasteiger partial charge in [-0.3, -0.25) is 0 Å². The van der Waals surface area contributed by atoms with E-state index in [9.17, 15) is 4.79 Å². The molecule has 0 spiro atoms. The molecule has 0 aliphatic heterocycles. The monoisotopic (exact) mass is 174 g/mol. The Hall–Kier alpha value is -1.57. The molecule has 2 nitrogen and oxygen atoms in total. The fraction of sp³-hybridized carbons (Fsp3) is 0.182. The fourth-order valence-electron chi connectivity index (χ4n) is 1.45. The fourth-order valence-corrected chi connectivity index (χ4v) is 1.45. The summed E-state index contributed by atoms with van der Waals surface area (Å²) in [6, 6.07) is 7.73. The Morgan fingerprint density at radius 1 is 1.38 bits per heavy atom. The van der Waals surface area contributed by atoms with Crippen LogP contribution in [-0.2, 0) is 4.79 Å². The third kappa shape index (κ3) is 1.24. The molecular formula is C11H10O2. The first kappa shape index (κ1) is 8.05. The van der Waals surface area contributed by atoms with Crippen molar-refractivity contribution in [2.24, 2.45) is 0 Å². The zero-order chi connectivity index (χ0) is 9.26. The summed E-state index contributed by atoms with van der Waals surface area (Å²) >= 11 is 0. The maximum absolute atomic E-state index is 10.6. The quantitative estimate of drug-likeness (QED) is 0.655. The highest BCUT2D eigenvalue weighted by molar-refractivity contribution is 5.83. The smallest absolute Gasteiger partial charge is 0.137 e. The minimum atomic E-state index is -0.102. The van der Waals surface area contributed by atoms with E-state index < -0.39 is 0 Å². The van der Waals surface area contributed by atoms with Crippen molar-refractivity contribution >= 4 is 17.3 Å². The van der Waals surface area contributed by atoms with Crippen LogP contribution < -0.4 is 0 Å². The molecule has 1 unspecified atom stereocenters. The molecule has 0 bridgehead atoms. The Kier molecular flexibility index (Phi) is 1.89. The minimum Gasteiger partial charge on any atom is -0.464 e. The Balaban J connectivity index is 2.67. The predicted octanol–water partition coefficient (Wildman–Crippen LogP) is 2.74. The molecule has 1 atom stereocenters. The molecular weight excluding hydrogens is 164 g/mol. The second kappa shape index (κ2) is 3.05. The largest absolute Gasteiger partial charge is 0.464 e. The van der Waals surface area contributed by atoms with Gasteiger partial charge in [-0.25, -0.2) is 0 Å². The van der Waals surface area contributed by atoms with Crippen LogP contribution in [0.25, 0.3) is 11.0 Å². The number of carbonyl (C=O) groups is 1. The van der Waals surface area contributed by atoms with Crippen LogP contribution in [0.1, 0.15) is 18.4 Å². The summed E-state index contributed by atoms with van der Waals surface area (Å²) in [6.07, 6.45) is 2.57. The van der Waals surface area contributed by atoms with Gasteiger partial charge in [0.2, 0.25) is 0 Å². The molecule has 0 aliphatic carbocycles. The summed E-state index contributed by atoms with van der Waals surface area (Å²) in [5.41, 5.74) is 1.78. The molecule has 0 N–H and O–H groups in total. The van der Waals surface area contributed by atoms with E-state index in [0.717, 1.165) is 22.8 Å². The standard InChI is InChI=1S/C11H10O2/c1-8(7-12)10-4-2-3-9-5-6-13-11(9)10/h2-8H,1H3. The van der Waals surface area contributed by atoms with Crippen LogP contribution >= 0.6 is 0 Å². The van der Waals surface area contributed by atoms with Gasteiger partial charge in [0.25, 0.3) is 0 Å². The van der Waals surface area contributed by atoms with Crippen LogP contribution in [0.4, 0.5) is 0 Å². The van der Waals surface area contributed by atoms with Gasteiger partial charge in [-0.2, -0.15) is 0 Å². The van der Waals surface area contributed by atoms with Gasteiger partial charge in [0.05, 0.1) is 6.26 Å². The van der Waals surface area contributed by atoms with Crippen LogP contribution in [0.15, 0.2) is 34.9 Å². The number of benzene rings is 1. The van der Waals surface area contributed by atoms with Crippen molar-refractivity contribution < 1.29 is 9.21 Å². The molecule has 0 fully saturated rings. The van der Waals surface area contributed by atoms with Gasteiger partial charge in [0.15, 0.2) is 0 Å². The van der Waals surface area contributed by atoms with Gasteiger partial charge in [-0.15, -0.1) is 0 Å². The van der Waals surface area contributed by atoms with E-state index in [0.29, 0.717) is 0 Å².